The number of hydrazone groups is 1. The van der Waals surface area contributed by atoms with Gasteiger partial charge in [-0.15, -0.1) is 0 Å². The fourth-order valence-electron chi connectivity index (χ4n) is 1.98. The quantitative estimate of drug-likeness (QED) is 0.774. The third kappa shape index (κ3) is 1.62. The molecular formula is C13H13N3O. The van der Waals surface area contributed by atoms with Crippen molar-refractivity contribution in [1.82, 2.24) is 4.90 Å². The average molecular weight is 227 g/mol. The first kappa shape index (κ1) is 10.1. The molecule has 0 saturated carbocycles. The number of nitrogens with zero attached hydrogens (tertiary/aromatic N) is 3. The Morgan fingerprint density at radius 2 is 2.00 bits per heavy atom. The number of anilines is 1. The zero-order chi connectivity index (χ0) is 11.7. The molecule has 0 spiro atoms. The predicted molar refractivity (Wildman–Crippen MR) is 67.3 cm³/mol. The van der Waals surface area contributed by atoms with Gasteiger partial charge in [0.25, 0.3) is 0 Å². The summed E-state index contributed by atoms with van der Waals surface area (Å²) in [7, 11) is 1.69. The summed E-state index contributed by atoms with van der Waals surface area (Å²) in [6, 6.07) is 10.0. The molecule has 0 bridgehead atoms. The molecule has 4 nitrogen and oxygen atoms in total. The SMILES string of the molecule is COC1N2C=CC=CC2=NN1c1ccccc1. The Balaban J connectivity index is 1.98. The van der Waals surface area contributed by atoms with E-state index in [1.807, 2.05) is 64.7 Å². The molecule has 17 heavy (non-hydrogen) atoms. The Labute approximate surface area is 100 Å². The van der Waals surface area contributed by atoms with Crippen LogP contribution in [-0.4, -0.2) is 24.2 Å². The Morgan fingerprint density at radius 1 is 1.18 bits per heavy atom. The highest BCUT2D eigenvalue weighted by atomic mass is 16.5. The standard InChI is InChI=1S/C13H13N3O/c1-17-13-15-10-6-5-9-12(15)14-16(13)11-7-3-2-4-8-11/h2-10,13H,1H3. The van der Waals surface area contributed by atoms with E-state index in [-0.39, 0.29) is 6.35 Å². The van der Waals surface area contributed by atoms with E-state index in [2.05, 4.69) is 5.10 Å². The van der Waals surface area contributed by atoms with E-state index >= 15 is 0 Å². The fourth-order valence-corrected chi connectivity index (χ4v) is 1.98. The Bertz CT molecular complexity index is 493. The number of para-hydroxylation sites is 1. The van der Waals surface area contributed by atoms with Crippen LogP contribution in [0.2, 0.25) is 0 Å². The van der Waals surface area contributed by atoms with Gasteiger partial charge in [0.2, 0.25) is 6.35 Å². The maximum atomic E-state index is 5.50. The molecule has 0 amide bonds. The number of hydrogen-bond donors (Lipinski definition) is 0. The minimum absolute atomic E-state index is 0.214. The van der Waals surface area contributed by atoms with Crippen LogP contribution in [0.4, 0.5) is 5.69 Å². The molecule has 4 heteroatoms. The molecular weight excluding hydrogens is 214 g/mol. The molecule has 2 heterocycles. The van der Waals surface area contributed by atoms with Crippen LogP contribution in [0, 0.1) is 0 Å². The van der Waals surface area contributed by atoms with Gasteiger partial charge in [0.15, 0.2) is 5.84 Å². The topological polar surface area (TPSA) is 28.1 Å². The highest BCUT2D eigenvalue weighted by Crippen LogP contribution is 2.26. The van der Waals surface area contributed by atoms with E-state index < -0.39 is 0 Å². The normalized spacial score (nSPS) is 21.7. The first-order valence-corrected chi connectivity index (χ1v) is 5.49. The minimum atomic E-state index is -0.214. The summed E-state index contributed by atoms with van der Waals surface area (Å²) in [5, 5.41) is 6.42. The van der Waals surface area contributed by atoms with Gasteiger partial charge in [0, 0.05) is 13.3 Å². The summed E-state index contributed by atoms with van der Waals surface area (Å²) in [5.41, 5.74) is 1.02. The Hall–Kier alpha value is -2.07. The molecule has 0 aromatic heterocycles. The zero-order valence-electron chi connectivity index (χ0n) is 9.52. The molecule has 1 aromatic rings. The largest absolute Gasteiger partial charge is 0.342 e. The van der Waals surface area contributed by atoms with Crippen molar-refractivity contribution in [3.63, 3.8) is 0 Å². The summed E-state index contributed by atoms with van der Waals surface area (Å²) in [5.74, 6) is 0.892. The van der Waals surface area contributed by atoms with Crippen LogP contribution in [-0.2, 0) is 4.74 Å². The van der Waals surface area contributed by atoms with E-state index in [1.54, 1.807) is 7.11 Å². The van der Waals surface area contributed by atoms with Gasteiger partial charge in [-0.25, -0.2) is 5.01 Å². The van der Waals surface area contributed by atoms with Crippen LogP contribution in [0.1, 0.15) is 0 Å². The number of allylic oxidation sites excluding steroid dienone is 2. The smallest absolute Gasteiger partial charge is 0.235 e. The molecule has 0 fully saturated rings. The highest BCUT2D eigenvalue weighted by molar-refractivity contribution is 5.97. The number of benzene rings is 1. The molecule has 3 rings (SSSR count). The highest BCUT2D eigenvalue weighted by Gasteiger charge is 2.33. The molecule has 2 aliphatic rings. The van der Waals surface area contributed by atoms with Crippen LogP contribution in [0.25, 0.3) is 0 Å². The number of methoxy groups -OCH3 is 1. The number of amidine groups is 1. The van der Waals surface area contributed by atoms with Gasteiger partial charge < -0.3 is 4.74 Å². The van der Waals surface area contributed by atoms with Gasteiger partial charge in [0.05, 0.1) is 5.69 Å². The molecule has 0 radical (unpaired) electrons. The van der Waals surface area contributed by atoms with Crippen LogP contribution in [0.15, 0.2) is 59.9 Å². The molecule has 1 atom stereocenters. The van der Waals surface area contributed by atoms with Crippen molar-refractivity contribution in [2.24, 2.45) is 5.10 Å². The first-order chi connectivity index (χ1) is 8.40. The molecule has 2 aliphatic heterocycles. The molecule has 1 unspecified atom stereocenters. The number of ether oxygens (including phenoxy) is 1. The van der Waals surface area contributed by atoms with Gasteiger partial charge in [-0.1, -0.05) is 24.3 Å². The summed E-state index contributed by atoms with van der Waals surface area (Å²) >= 11 is 0. The lowest BCUT2D eigenvalue weighted by Crippen LogP contribution is -2.40. The summed E-state index contributed by atoms with van der Waals surface area (Å²) in [4.78, 5) is 1.99. The molecule has 1 aromatic carbocycles. The van der Waals surface area contributed by atoms with Crippen molar-refractivity contribution < 1.29 is 4.74 Å². The van der Waals surface area contributed by atoms with Gasteiger partial charge in [-0.05, 0) is 24.3 Å². The third-order valence-corrected chi connectivity index (χ3v) is 2.76. The van der Waals surface area contributed by atoms with Crippen molar-refractivity contribution in [2.45, 2.75) is 6.35 Å². The molecule has 0 saturated heterocycles. The summed E-state index contributed by atoms with van der Waals surface area (Å²) in [6.45, 7) is 0. The maximum absolute atomic E-state index is 5.50. The van der Waals surface area contributed by atoms with Crippen molar-refractivity contribution in [2.75, 3.05) is 12.1 Å². The van der Waals surface area contributed by atoms with Crippen molar-refractivity contribution in [1.29, 1.82) is 0 Å². The number of fused-ring (bicyclic) bond motifs is 1. The van der Waals surface area contributed by atoms with Crippen LogP contribution < -0.4 is 5.01 Å². The lowest BCUT2D eigenvalue weighted by Gasteiger charge is -2.27. The first-order valence-electron chi connectivity index (χ1n) is 5.49. The summed E-state index contributed by atoms with van der Waals surface area (Å²) in [6.07, 6.45) is 7.66. The second-order valence-electron chi connectivity index (χ2n) is 3.81. The Kier molecular flexibility index (Phi) is 2.42. The predicted octanol–water partition coefficient (Wildman–Crippen LogP) is 2.14. The number of rotatable bonds is 2. The van der Waals surface area contributed by atoms with Crippen LogP contribution in [0.5, 0.6) is 0 Å². The van der Waals surface area contributed by atoms with E-state index in [1.165, 1.54) is 0 Å². The maximum Gasteiger partial charge on any atom is 0.235 e. The van der Waals surface area contributed by atoms with E-state index in [4.69, 9.17) is 4.74 Å². The van der Waals surface area contributed by atoms with Gasteiger partial charge in [-0.3, -0.25) is 4.90 Å². The van der Waals surface area contributed by atoms with Crippen molar-refractivity contribution >= 4 is 11.5 Å². The number of hydrogen-bond acceptors (Lipinski definition) is 4. The van der Waals surface area contributed by atoms with Gasteiger partial charge >= 0.3 is 0 Å². The fraction of sp³-hybridized carbons (Fsp3) is 0.154. The molecule has 0 aliphatic carbocycles. The summed E-state index contributed by atoms with van der Waals surface area (Å²) < 4.78 is 5.50. The Morgan fingerprint density at radius 3 is 2.76 bits per heavy atom. The van der Waals surface area contributed by atoms with Crippen LogP contribution >= 0.6 is 0 Å². The minimum Gasteiger partial charge on any atom is -0.342 e. The van der Waals surface area contributed by atoms with E-state index in [0.717, 1.165) is 11.5 Å². The molecule has 0 N–H and O–H groups in total. The monoisotopic (exact) mass is 227 g/mol. The molecule has 86 valence electrons. The van der Waals surface area contributed by atoms with Crippen molar-refractivity contribution in [3.8, 4) is 0 Å². The third-order valence-electron chi connectivity index (χ3n) is 2.76. The van der Waals surface area contributed by atoms with Crippen molar-refractivity contribution in [3.05, 3.63) is 54.8 Å². The lowest BCUT2D eigenvalue weighted by molar-refractivity contribution is 0.0386. The zero-order valence-corrected chi connectivity index (χ0v) is 9.52. The van der Waals surface area contributed by atoms with Crippen LogP contribution in [0.3, 0.4) is 0 Å². The second kappa shape index (κ2) is 4.07. The lowest BCUT2D eigenvalue weighted by atomic mass is 10.3. The second-order valence-corrected chi connectivity index (χ2v) is 3.81. The van der Waals surface area contributed by atoms with Gasteiger partial charge in [0.1, 0.15) is 0 Å². The van der Waals surface area contributed by atoms with E-state index in [9.17, 15) is 0 Å². The average Bonchev–Trinajstić information content (AvgIpc) is 2.78. The van der Waals surface area contributed by atoms with E-state index in [0.29, 0.717) is 0 Å². The van der Waals surface area contributed by atoms with Gasteiger partial charge in [-0.2, -0.15) is 5.10 Å².